The fourth-order valence-corrected chi connectivity index (χ4v) is 2.10. The molecule has 2 heteroatoms. The van der Waals surface area contributed by atoms with Crippen LogP contribution in [-0.4, -0.2) is 11.6 Å². The smallest absolute Gasteiger partial charge is 0.312 e. The molecule has 1 saturated carbocycles. The van der Waals surface area contributed by atoms with Crippen LogP contribution in [0.1, 0.15) is 52.5 Å². The Balaban J connectivity index is 1.95. The molecule has 2 unspecified atom stereocenters. The van der Waals surface area contributed by atoms with Gasteiger partial charge >= 0.3 is 5.97 Å². The Labute approximate surface area is 127 Å². The summed E-state index contributed by atoms with van der Waals surface area (Å²) in [5.74, 6) is 7.12. The summed E-state index contributed by atoms with van der Waals surface area (Å²) in [7, 11) is 0. The maximum Gasteiger partial charge on any atom is 0.312 e. The van der Waals surface area contributed by atoms with Gasteiger partial charge in [0.15, 0.2) is 5.60 Å². The van der Waals surface area contributed by atoms with E-state index in [4.69, 9.17) is 4.74 Å². The summed E-state index contributed by atoms with van der Waals surface area (Å²) in [5.41, 5.74) is 0.125. The molecule has 0 aromatic heterocycles. The zero-order valence-corrected chi connectivity index (χ0v) is 13.6. The van der Waals surface area contributed by atoms with Crippen molar-refractivity contribution in [1.82, 2.24) is 0 Å². The molecule has 0 aliphatic heterocycles. The van der Waals surface area contributed by atoms with E-state index in [1.54, 1.807) is 0 Å². The van der Waals surface area contributed by atoms with Crippen LogP contribution in [0.4, 0.5) is 0 Å². The third-order valence-corrected chi connectivity index (χ3v) is 3.54. The molecular weight excluding hydrogens is 260 g/mol. The van der Waals surface area contributed by atoms with E-state index < -0.39 is 11.0 Å². The highest BCUT2D eigenvalue weighted by Crippen LogP contribution is 2.46. The lowest BCUT2D eigenvalue weighted by atomic mass is 9.97. The SMILES string of the molecule is CC(C)(C#CC1CC1c1ccccc1)OC(=O)C(C)(C)C. The van der Waals surface area contributed by atoms with Crippen LogP contribution in [-0.2, 0) is 9.53 Å². The lowest BCUT2D eigenvalue weighted by Crippen LogP contribution is -2.33. The van der Waals surface area contributed by atoms with Gasteiger partial charge in [0.2, 0.25) is 0 Å². The number of rotatable bonds is 2. The summed E-state index contributed by atoms with van der Waals surface area (Å²) < 4.78 is 5.51. The Morgan fingerprint density at radius 3 is 2.33 bits per heavy atom. The highest BCUT2D eigenvalue weighted by molar-refractivity contribution is 5.76. The van der Waals surface area contributed by atoms with Crippen molar-refractivity contribution in [3.63, 3.8) is 0 Å². The largest absolute Gasteiger partial charge is 0.446 e. The first-order chi connectivity index (χ1) is 9.69. The van der Waals surface area contributed by atoms with Crippen LogP contribution in [0.25, 0.3) is 0 Å². The van der Waals surface area contributed by atoms with Crippen molar-refractivity contribution >= 4 is 5.97 Å². The molecule has 1 aliphatic carbocycles. The van der Waals surface area contributed by atoms with Crippen LogP contribution in [0.3, 0.4) is 0 Å². The number of esters is 1. The Kier molecular flexibility index (Phi) is 4.14. The van der Waals surface area contributed by atoms with Gasteiger partial charge in [0.05, 0.1) is 5.41 Å². The second kappa shape index (κ2) is 5.56. The summed E-state index contributed by atoms with van der Waals surface area (Å²) >= 11 is 0. The third-order valence-electron chi connectivity index (χ3n) is 3.54. The molecule has 1 fully saturated rings. The minimum Gasteiger partial charge on any atom is -0.446 e. The predicted molar refractivity (Wildman–Crippen MR) is 84.7 cm³/mol. The normalized spacial score (nSPS) is 21.2. The van der Waals surface area contributed by atoms with Gasteiger partial charge in [-0.05, 0) is 52.5 Å². The maximum atomic E-state index is 11.9. The Bertz CT molecular complexity index is 567. The minimum atomic E-state index is -0.728. The highest BCUT2D eigenvalue weighted by Gasteiger charge is 2.37. The molecule has 2 rings (SSSR count). The molecule has 2 nitrogen and oxygen atoms in total. The zero-order chi connectivity index (χ0) is 15.7. The van der Waals surface area contributed by atoms with Crippen molar-refractivity contribution in [3.8, 4) is 11.8 Å². The van der Waals surface area contributed by atoms with Crippen LogP contribution in [0, 0.1) is 23.2 Å². The van der Waals surface area contributed by atoms with Gasteiger partial charge in [-0.3, -0.25) is 4.79 Å². The third kappa shape index (κ3) is 4.36. The van der Waals surface area contributed by atoms with E-state index in [-0.39, 0.29) is 5.97 Å². The highest BCUT2D eigenvalue weighted by atomic mass is 16.6. The molecular formula is C19H24O2. The quantitative estimate of drug-likeness (QED) is 0.602. The number of carbonyl (C=O) groups is 1. The second-order valence-electron chi connectivity index (χ2n) is 7.28. The first-order valence-electron chi connectivity index (χ1n) is 7.50. The van der Waals surface area contributed by atoms with Crippen LogP contribution in [0.5, 0.6) is 0 Å². The predicted octanol–water partition coefficient (Wildman–Crippen LogP) is 4.16. The van der Waals surface area contributed by atoms with Crippen molar-refractivity contribution in [2.45, 2.75) is 52.6 Å². The van der Waals surface area contributed by atoms with Crippen LogP contribution in [0.15, 0.2) is 30.3 Å². The van der Waals surface area contributed by atoms with Gasteiger partial charge in [-0.15, -0.1) is 0 Å². The van der Waals surface area contributed by atoms with E-state index in [2.05, 4.69) is 36.1 Å². The van der Waals surface area contributed by atoms with Gasteiger partial charge in [-0.1, -0.05) is 42.2 Å². The van der Waals surface area contributed by atoms with Gasteiger partial charge < -0.3 is 4.74 Å². The van der Waals surface area contributed by atoms with Crippen molar-refractivity contribution in [1.29, 1.82) is 0 Å². The van der Waals surface area contributed by atoms with Crippen LogP contribution >= 0.6 is 0 Å². The lowest BCUT2D eigenvalue weighted by Gasteiger charge is -2.24. The molecule has 0 amide bonds. The zero-order valence-electron chi connectivity index (χ0n) is 13.6. The van der Waals surface area contributed by atoms with Crippen LogP contribution < -0.4 is 0 Å². The van der Waals surface area contributed by atoms with Crippen molar-refractivity contribution in [2.75, 3.05) is 0 Å². The molecule has 1 aromatic carbocycles. The van der Waals surface area contributed by atoms with E-state index in [0.717, 1.165) is 6.42 Å². The van der Waals surface area contributed by atoms with E-state index in [0.29, 0.717) is 11.8 Å². The molecule has 1 aliphatic rings. The first kappa shape index (κ1) is 15.6. The summed E-state index contributed by atoms with van der Waals surface area (Å²) in [6.07, 6.45) is 1.10. The molecule has 112 valence electrons. The molecule has 1 aromatic rings. The van der Waals surface area contributed by atoms with Gasteiger partial charge in [0.1, 0.15) is 0 Å². The lowest BCUT2D eigenvalue weighted by molar-refractivity contribution is -0.161. The van der Waals surface area contributed by atoms with E-state index in [1.807, 2.05) is 40.7 Å². The van der Waals surface area contributed by atoms with E-state index >= 15 is 0 Å². The fourth-order valence-electron chi connectivity index (χ4n) is 2.10. The van der Waals surface area contributed by atoms with Crippen molar-refractivity contribution in [3.05, 3.63) is 35.9 Å². The summed E-state index contributed by atoms with van der Waals surface area (Å²) in [6, 6.07) is 10.5. The Morgan fingerprint density at radius 2 is 1.76 bits per heavy atom. The first-order valence-corrected chi connectivity index (χ1v) is 7.50. The van der Waals surface area contributed by atoms with Crippen molar-refractivity contribution in [2.24, 2.45) is 11.3 Å². The molecule has 0 radical (unpaired) electrons. The van der Waals surface area contributed by atoms with Crippen molar-refractivity contribution < 1.29 is 9.53 Å². The van der Waals surface area contributed by atoms with Gasteiger partial charge in [-0.2, -0.15) is 0 Å². The van der Waals surface area contributed by atoms with Gasteiger partial charge in [-0.25, -0.2) is 0 Å². The van der Waals surface area contributed by atoms with Gasteiger partial charge in [0.25, 0.3) is 0 Å². The molecule has 0 spiro atoms. The number of benzene rings is 1. The summed E-state index contributed by atoms with van der Waals surface area (Å²) in [5, 5.41) is 0. The number of carbonyl (C=O) groups excluding carboxylic acids is 1. The topological polar surface area (TPSA) is 26.3 Å². The molecule has 21 heavy (non-hydrogen) atoms. The fraction of sp³-hybridized carbons (Fsp3) is 0.526. The molecule has 0 heterocycles. The number of hydrogen-bond acceptors (Lipinski definition) is 2. The minimum absolute atomic E-state index is 0.211. The second-order valence-corrected chi connectivity index (χ2v) is 7.28. The number of hydrogen-bond donors (Lipinski definition) is 0. The Hall–Kier alpha value is -1.75. The average molecular weight is 284 g/mol. The maximum absolute atomic E-state index is 11.9. The van der Waals surface area contributed by atoms with Gasteiger partial charge in [0, 0.05) is 5.92 Å². The summed E-state index contributed by atoms with van der Waals surface area (Å²) in [4.78, 5) is 11.9. The van der Waals surface area contributed by atoms with E-state index in [1.165, 1.54) is 5.56 Å². The van der Waals surface area contributed by atoms with Crippen LogP contribution in [0.2, 0.25) is 0 Å². The molecule has 0 bridgehead atoms. The standard InChI is InChI=1S/C19H24O2/c1-18(2,3)17(20)21-19(4,5)12-11-15-13-16(15)14-9-7-6-8-10-14/h6-10,15-16H,13H2,1-5H3. The van der Waals surface area contributed by atoms with E-state index in [9.17, 15) is 4.79 Å². The monoisotopic (exact) mass is 284 g/mol. The molecule has 2 atom stereocenters. The molecule has 0 saturated heterocycles. The number of ether oxygens (including phenoxy) is 1. The molecule has 0 N–H and O–H groups in total. The summed E-state index contributed by atoms with van der Waals surface area (Å²) in [6.45, 7) is 9.26. The average Bonchev–Trinajstić information content (AvgIpc) is 3.15. The Morgan fingerprint density at radius 1 is 1.14 bits per heavy atom.